The second kappa shape index (κ2) is 7.13. The number of benzene rings is 2. The largest absolute Gasteiger partial charge is 0.495 e. The standard InChI is InChI=1S/C17H11Cl2NO2/c1-22-16-7-6-11(9-15(16)19)8-12(10-20)17(21)13-4-2-3-5-14(13)18/h2-9H,1H3. The van der Waals surface area contributed by atoms with Crippen molar-refractivity contribution in [3.05, 3.63) is 69.2 Å². The Morgan fingerprint density at radius 2 is 1.91 bits per heavy atom. The van der Waals surface area contributed by atoms with E-state index < -0.39 is 5.78 Å². The molecule has 0 N–H and O–H groups in total. The van der Waals surface area contributed by atoms with E-state index in [2.05, 4.69) is 0 Å². The van der Waals surface area contributed by atoms with E-state index in [4.69, 9.17) is 27.9 Å². The van der Waals surface area contributed by atoms with Gasteiger partial charge in [0.25, 0.3) is 0 Å². The van der Waals surface area contributed by atoms with Gasteiger partial charge in [-0.25, -0.2) is 0 Å². The molecule has 0 aliphatic heterocycles. The van der Waals surface area contributed by atoms with Gasteiger partial charge in [0, 0.05) is 5.56 Å². The van der Waals surface area contributed by atoms with Crippen LogP contribution in [0, 0.1) is 11.3 Å². The van der Waals surface area contributed by atoms with Gasteiger partial charge in [-0.05, 0) is 35.9 Å². The lowest BCUT2D eigenvalue weighted by Crippen LogP contribution is -2.02. The second-order valence-electron chi connectivity index (χ2n) is 4.37. The second-order valence-corrected chi connectivity index (χ2v) is 5.19. The van der Waals surface area contributed by atoms with E-state index >= 15 is 0 Å². The summed E-state index contributed by atoms with van der Waals surface area (Å²) in [7, 11) is 1.51. The van der Waals surface area contributed by atoms with Gasteiger partial charge in [-0.15, -0.1) is 0 Å². The molecular weight excluding hydrogens is 321 g/mol. The van der Waals surface area contributed by atoms with E-state index in [9.17, 15) is 10.1 Å². The van der Waals surface area contributed by atoms with Gasteiger partial charge < -0.3 is 4.74 Å². The van der Waals surface area contributed by atoms with Crippen molar-refractivity contribution in [2.24, 2.45) is 0 Å². The lowest BCUT2D eigenvalue weighted by atomic mass is 10.0. The number of ether oxygens (including phenoxy) is 1. The van der Waals surface area contributed by atoms with Crippen molar-refractivity contribution in [3.63, 3.8) is 0 Å². The average Bonchev–Trinajstić information content (AvgIpc) is 2.52. The quantitative estimate of drug-likeness (QED) is 0.459. The molecule has 0 aliphatic rings. The summed E-state index contributed by atoms with van der Waals surface area (Å²) in [5, 5.41) is 9.95. The number of carbonyl (C=O) groups is 1. The van der Waals surface area contributed by atoms with Crippen molar-refractivity contribution < 1.29 is 9.53 Å². The molecule has 0 radical (unpaired) electrons. The molecule has 110 valence electrons. The fourth-order valence-corrected chi connectivity index (χ4v) is 2.37. The summed E-state index contributed by atoms with van der Waals surface area (Å²) < 4.78 is 5.06. The van der Waals surface area contributed by atoms with Crippen LogP contribution >= 0.6 is 23.2 Å². The molecular formula is C17H11Cl2NO2. The molecule has 0 aromatic heterocycles. The molecule has 0 saturated carbocycles. The first kappa shape index (κ1) is 16.1. The number of nitrogens with zero attached hydrogens (tertiary/aromatic N) is 1. The number of hydrogen-bond acceptors (Lipinski definition) is 3. The molecule has 5 heteroatoms. The number of carbonyl (C=O) groups excluding carboxylic acids is 1. The number of allylic oxidation sites excluding steroid dienone is 1. The summed E-state index contributed by atoms with van der Waals surface area (Å²) in [6, 6.07) is 13.5. The van der Waals surface area contributed by atoms with Crippen LogP contribution in [0.15, 0.2) is 48.0 Å². The number of rotatable bonds is 4. The molecule has 22 heavy (non-hydrogen) atoms. The van der Waals surface area contributed by atoms with Crippen molar-refractivity contribution in [2.45, 2.75) is 0 Å². The molecule has 0 fully saturated rings. The zero-order valence-electron chi connectivity index (χ0n) is 11.6. The van der Waals surface area contributed by atoms with Crippen LogP contribution in [0.1, 0.15) is 15.9 Å². The Bertz CT molecular complexity index is 791. The maximum Gasteiger partial charge on any atom is 0.205 e. The van der Waals surface area contributed by atoms with Gasteiger partial charge >= 0.3 is 0 Å². The maximum absolute atomic E-state index is 12.4. The number of hydrogen-bond donors (Lipinski definition) is 0. The molecule has 0 saturated heterocycles. The lowest BCUT2D eigenvalue weighted by Gasteiger charge is -2.05. The Morgan fingerprint density at radius 3 is 2.50 bits per heavy atom. The van der Waals surface area contributed by atoms with Crippen molar-refractivity contribution in [3.8, 4) is 11.8 Å². The predicted octanol–water partition coefficient (Wildman–Crippen LogP) is 4.79. The van der Waals surface area contributed by atoms with Crippen molar-refractivity contribution in [1.82, 2.24) is 0 Å². The Labute approximate surface area is 138 Å². The normalized spacial score (nSPS) is 10.9. The zero-order valence-corrected chi connectivity index (χ0v) is 13.2. The van der Waals surface area contributed by atoms with Crippen LogP contribution in [0.4, 0.5) is 0 Å². The number of ketones is 1. The van der Waals surface area contributed by atoms with Crippen molar-refractivity contribution in [2.75, 3.05) is 7.11 Å². The SMILES string of the molecule is COc1ccc(C=C(C#N)C(=O)c2ccccc2Cl)cc1Cl. The van der Waals surface area contributed by atoms with Gasteiger partial charge in [-0.2, -0.15) is 5.26 Å². The number of nitriles is 1. The van der Waals surface area contributed by atoms with Gasteiger partial charge in [0.2, 0.25) is 5.78 Å². The van der Waals surface area contributed by atoms with Gasteiger partial charge in [0.1, 0.15) is 17.4 Å². The molecule has 0 unspecified atom stereocenters. The van der Waals surface area contributed by atoms with E-state index in [1.165, 1.54) is 13.2 Å². The van der Waals surface area contributed by atoms with Gasteiger partial charge in [0.05, 0.1) is 17.2 Å². The molecule has 2 aromatic rings. The summed E-state index contributed by atoms with van der Waals surface area (Å²) in [5.41, 5.74) is 0.897. The van der Waals surface area contributed by atoms with E-state index in [1.807, 2.05) is 6.07 Å². The highest BCUT2D eigenvalue weighted by atomic mass is 35.5. The fourth-order valence-electron chi connectivity index (χ4n) is 1.88. The minimum absolute atomic E-state index is 0.0191. The van der Waals surface area contributed by atoms with E-state index in [-0.39, 0.29) is 11.1 Å². The molecule has 2 rings (SSSR count). The Balaban J connectivity index is 2.40. The number of halogens is 2. The highest BCUT2D eigenvalue weighted by Gasteiger charge is 2.15. The lowest BCUT2D eigenvalue weighted by molar-refractivity contribution is 0.104. The van der Waals surface area contributed by atoms with Crippen LogP contribution < -0.4 is 4.74 Å². The van der Waals surface area contributed by atoms with Gasteiger partial charge in [-0.1, -0.05) is 41.4 Å². The fraction of sp³-hybridized carbons (Fsp3) is 0.0588. The highest BCUT2D eigenvalue weighted by molar-refractivity contribution is 6.35. The van der Waals surface area contributed by atoms with E-state index in [1.54, 1.807) is 42.5 Å². The summed E-state index contributed by atoms with van der Waals surface area (Å²) in [6.07, 6.45) is 1.47. The minimum atomic E-state index is -0.431. The summed E-state index contributed by atoms with van der Waals surface area (Å²) in [5.74, 6) is 0.0924. The third kappa shape index (κ3) is 3.48. The molecule has 0 bridgehead atoms. The first-order chi connectivity index (χ1) is 10.6. The first-order valence-electron chi connectivity index (χ1n) is 6.31. The molecule has 0 spiro atoms. The Kier molecular flexibility index (Phi) is 5.21. The van der Waals surface area contributed by atoms with E-state index in [0.29, 0.717) is 21.4 Å². The molecule has 0 atom stereocenters. The van der Waals surface area contributed by atoms with Crippen LogP contribution in [0.2, 0.25) is 10.0 Å². The monoisotopic (exact) mass is 331 g/mol. The molecule has 3 nitrogen and oxygen atoms in total. The van der Waals surface area contributed by atoms with Crippen LogP contribution in [-0.2, 0) is 0 Å². The zero-order chi connectivity index (χ0) is 16.1. The van der Waals surface area contributed by atoms with Crippen LogP contribution in [-0.4, -0.2) is 12.9 Å². The van der Waals surface area contributed by atoms with Crippen molar-refractivity contribution >= 4 is 35.1 Å². The van der Waals surface area contributed by atoms with Crippen LogP contribution in [0.5, 0.6) is 5.75 Å². The third-order valence-corrected chi connectivity index (χ3v) is 3.60. The van der Waals surface area contributed by atoms with Crippen LogP contribution in [0.3, 0.4) is 0 Å². The average molecular weight is 332 g/mol. The third-order valence-electron chi connectivity index (χ3n) is 2.97. The molecule has 2 aromatic carbocycles. The predicted molar refractivity (Wildman–Crippen MR) is 87.4 cm³/mol. The molecule has 0 aliphatic carbocycles. The topological polar surface area (TPSA) is 50.1 Å². The summed E-state index contributed by atoms with van der Waals surface area (Å²) in [6.45, 7) is 0. The summed E-state index contributed by atoms with van der Waals surface area (Å²) in [4.78, 5) is 12.4. The molecule has 0 amide bonds. The maximum atomic E-state index is 12.4. The molecule has 0 heterocycles. The smallest absolute Gasteiger partial charge is 0.205 e. The Morgan fingerprint density at radius 1 is 1.18 bits per heavy atom. The van der Waals surface area contributed by atoms with Crippen molar-refractivity contribution in [1.29, 1.82) is 5.26 Å². The number of methoxy groups -OCH3 is 1. The summed E-state index contributed by atoms with van der Waals surface area (Å²) >= 11 is 12.0. The minimum Gasteiger partial charge on any atom is -0.495 e. The Hall–Kier alpha value is -2.28. The highest BCUT2D eigenvalue weighted by Crippen LogP contribution is 2.26. The van der Waals surface area contributed by atoms with Gasteiger partial charge in [0.15, 0.2) is 0 Å². The van der Waals surface area contributed by atoms with E-state index in [0.717, 1.165) is 0 Å². The van der Waals surface area contributed by atoms with Gasteiger partial charge in [-0.3, -0.25) is 4.79 Å². The van der Waals surface area contributed by atoms with Crippen LogP contribution in [0.25, 0.3) is 6.08 Å². The number of Topliss-reactive ketones (excluding diaryl/α,β-unsaturated/α-hetero) is 1. The first-order valence-corrected chi connectivity index (χ1v) is 7.07.